The maximum Gasteiger partial charge on any atom is 0.298 e. The van der Waals surface area contributed by atoms with Gasteiger partial charge in [0.05, 0.1) is 11.4 Å². The average molecular weight is 235 g/mol. The molecule has 1 saturated heterocycles. The van der Waals surface area contributed by atoms with Crippen molar-refractivity contribution >= 4 is 17.8 Å². The zero-order valence-corrected chi connectivity index (χ0v) is 9.90. The molecule has 0 amide bonds. The maximum atomic E-state index is 10.6. The van der Waals surface area contributed by atoms with E-state index in [0.717, 1.165) is 37.6 Å². The van der Waals surface area contributed by atoms with Crippen molar-refractivity contribution in [2.45, 2.75) is 0 Å². The minimum Gasteiger partial charge on any atom is -0.424 e. The number of rotatable bonds is 4. The van der Waals surface area contributed by atoms with E-state index >= 15 is 0 Å². The first-order valence-corrected chi connectivity index (χ1v) is 5.73. The molecular weight excluding hydrogens is 218 g/mol. The van der Waals surface area contributed by atoms with Crippen molar-refractivity contribution < 1.29 is 9.53 Å². The van der Waals surface area contributed by atoms with Crippen LogP contribution in [0.1, 0.15) is 0 Å². The van der Waals surface area contributed by atoms with Gasteiger partial charge >= 0.3 is 0 Å². The minimum absolute atomic E-state index is 0.474. The minimum atomic E-state index is 0.474. The molecule has 17 heavy (non-hydrogen) atoms. The third-order valence-electron chi connectivity index (χ3n) is 2.89. The third-order valence-corrected chi connectivity index (χ3v) is 2.89. The summed E-state index contributed by atoms with van der Waals surface area (Å²) in [5, 5.41) is 6.33. The fourth-order valence-corrected chi connectivity index (χ4v) is 2.05. The summed E-state index contributed by atoms with van der Waals surface area (Å²) in [7, 11) is 1.81. The Morgan fingerprint density at radius 2 is 2.18 bits per heavy atom. The highest BCUT2D eigenvalue weighted by atomic mass is 16.5. The van der Waals surface area contributed by atoms with Gasteiger partial charge < -0.3 is 20.3 Å². The molecule has 0 bridgehead atoms. The van der Waals surface area contributed by atoms with Gasteiger partial charge in [-0.25, -0.2) is 0 Å². The number of hydrogen-bond acceptors (Lipinski definition) is 5. The van der Waals surface area contributed by atoms with Crippen LogP contribution in [0.2, 0.25) is 0 Å². The number of piperazine rings is 1. The summed E-state index contributed by atoms with van der Waals surface area (Å²) in [5.74, 6) is 0.604. The fraction of sp³-hybridized carbons (Fsp3) is 0.417. The van der Waals surface area contributed by atoms with E-state index in [9.17, 15) is 4.79 Å². The van der Waals surface area contributed by atoms with Gasteiger partial charge in [-0.2, -0.15) is 0 Å². The molecule has 0 unspecified atom stereocenters. The SMILES string of the molecule is CNc1cccc(N2CCNCC2)c1OC=O. The van der Waals surface area contributed by atoms with Crippen LogP contribution in [0.15, 0.2) is 18.2 Å². The van der Waals surface area contributed by atoms with Crippen molar-refractivity contribution in [3.63, 3.8) is 0 Å². The molecule has 2 rings (SSSR count). The van der Waals surface area contributed by atoms with Crippen LogP contribution in [0.5, 0.6) is 5.75 Å². The molecule has 1 fully saturated rings. The molecule has 1 aliphatic rings. The van der Waals surface area contributed by atoms with E-state index in [1.807, 2.05) is 25.2 Å². The number of para-hydroxylation sites is 1. The first-order chi connectivity index (χ1) is 8.36. The first kappa shape index (κ1) is 11.7. The van der Waals surface area contributed by atoms with Crippen LogP contribution in [-0.4, -0.2) is 39.7 Å². The quantitative estimate of drug-likeness (QED) is 0.751. The zero-order valence-electron chi connectivity index (χ0n) is 9.90. The van der Waals surface area contributed by atoms with Crippen LogP contribution < -0.4 is 20.3 Å². The molecule has 0 aliphatic carbocycles. The molecule has 0 atom stereocenters. The lowest BCUT2D eigenvalue weighted by Crippen LogP contribution is -2.43. The van der Waals surface area contributed by atoms with Crippen LogP contribution in [-0.2, 0) is 4.79 Å². The van der Waals surface area contributed by atoms with E-state index in [1.165, 1.54) is 0 Å². The van der Waals surface area contributed by atoms with Crippen LogP contribution >= 0.6 is 0 Å². The second kappa shape index (κ2) is 5.54. The Morgan fingerprint density at radius 1 is 1.41 bits per heavy atom. The van der Waals surface area contributed by atoms with Crippen molar-refractivity contribution in [2.75, 3.05) is 43.4 Å². The Balaban J connectivity index is 2.33. The fourth-order valence-electron chi connectivity index (χ4n) is 2.05. The third kappa shape index (κ3) is 2.50. The second-order valence-corrected chi connectivity index (χ2v) is 3.85. The summed E-state index contributed by atoms with van der Waals surface area (Å²) in [6, 6.07) is 5.83. The molecule has 1 aliphatic heterocycles. The van der Waals surface area contributed by atoms with E-state index < -0.39 is 0 Å². The van der Waals surface area contributed by atoms with Gasteiger partial charge in [-0.3, -0.25) is 4.79 Å². The van der Waals surface area contributed by atoms with Crippen LogP contribution in [0.3, 0.4) is 0 Å². The summed E-state index contributed by atoms with van der Waals surface area (Å²) >= 11 is 0. The lowest BCUT2D eigenvalue weighted by atomic mass is 10.2. The lowest BCUT2D eigenvalue weighted by molar-refractivity contribution is -0.120. The lowest BCUT2D eigenvalue weighted by Gasteiger charge is -2.30. The summed E-state index contributed by atoms with van der Waals surface area (Å²) in [6.45, 7) is 4.21. The molecule has 1 heterocycles. The van der Waals surface area contributed by atoms with Gasteiger partial charge in [-0.05, 0) is 12.1 Å². The topological polar surface area (TPSA) is 53.6 Å². The van der Waals surface area contributed by atoms with Crippen molar-refractivity contribution in [1.29, 1.82) is 0 Å². The van der Waals surface area contributed by atoms with Gasteiger partial charge in [-0.1, -0.05) is 6.07 Å². The molecule has 0 aromatic heterocycles. The number of carbonyl (C=O) groups excluding carboxylic acids is 1. The summed E-state index contributed by atoms with van der Waals surface area (Å²) in [5.41, 5.74) is 1.79. The van der Waals surface area contributed by atoms with E-state index in [2.05, 4.69) is 15.5 Å². The molecule has 0 spiro atoms. The zero-order chi connectivity index (χ0) is 12.1. The van der Waals surface area contributed by atoms with Crippen LogP contribution in [0.25, 0.3) is 0 Å². The molecule has 5 heteroatoms. The summed E-state index contributed by atoms with van der Waals surface area (Å²) in [4.78, 5) is 12.8. The van der Waals surface area contributed by atoms with E-state index in [1.54, 1.807) is 0 Å². The van der Waals surface area contributed by atoms with Gasteiger partial charge in [0.15, 0.2) is 5.75 Å². The molecule has 1 aromatic rings. The molecule has 0 saturated carbocycles. The number of carbonyl (C=O) groups is 1. The molecule has 5 nitrogen and oxygen atoms in total. The Kier molecular flexibility index (Phi) is 3.82. The standard InChI is InChI=1S/C12H17N3O2/c1-13-10-3-2-4-11(12(10)17-9-16)15-7-5-14-6-8-15/h2-4,9,13-14H,5-8H2,1H3. The highest BCUT2D eigenvalue weighted by Gasteiger charge is 2.17. The second-order valence-electron chi connectivity index (χ2n) is 3.85. The van der Waals surface area contributed by atoms with Gasteiger partial charge in [0, 0.05) is 33.2 Å². The van der Waals surface area contributed by atoms with Gasteiger partial charge in [0.2, 0.25) is 0 Å². The molecule has 0 radical (unpaired) electrons. The maximum absolute atomic E-state index is 10.6. The van der Waals surface area contributed by atoms with E-state index in [0.29, 0.717) is 12.2 Å². The predicted octanol–water partition coefficient (Wildman–Crippen LogP) is 0.673. The Morgan fingerprint density at radius 3 is 2.82 bits per heavy atom. The van der Waals surface area contributed by atoms with Crippen molar-refractivity contribution in [2.24, 2.45) is 0 Å². The van der Waals surface area contributed by atoms with Gasteiger partial charge in [0.1, 0.15) is 0 Å². The Labute approximate surface area is 101 Å². The molecular formula is C12H17N3O2. The number of nitrogens with one attached hydrogen (secondary N) is 2. The highest BCUT2D eigenvalue weighted by molar-refractivity contribution is 5.74. The largest absolute Gasteiger partial charge is 0.424 e. The monoisotopic (exact) mass is 235 g/mol. The van der Waals surface area contributed by atoms with Crippen molar-refractivity contribution in [3.05, 3.63) is 18.2 Å². The highest BCUT2D eigenvalue weighted by Crippen LogP contribution is 2.35. The molecule has 92 valence electrons. The van der Waals surface area contributed by atoms with Crippen molar-refractivity contribution in [3.8, 4) is 5.75 Å². The van der Waals surface area contributed by atoms with Crippen LogP contribution in [0, 0.1) is 0 Å². The first-order valence-electron chi connectivity index (χ1n) is 5.73. The number of ether oxygens (including phenoxy) is 1. The smallest absolute Gasteiger partial charge is 0.298 e. The Bertz CT molecular complexity index is 389. The predicted molar refractivity (Wildman–Crippen MR) is 67.8 cm³/mol. The normalized spacial score (nSPS) is 15.5. The number of benzene rings is 1. The molecule has 1 aromatic carbocycles. The van der Waals surface area contributed by atoms with Crippen molar-refractivity contribution in [1.82, 2.24) is 5.32 Å². The Hall–Kier alpha value is -1.75. The van der Waals surface area contributed by atoms with E-state index in [4.69, 9.17) is 4.74 Å². The summed E-state index contributed by atoms with van der Waals surface area (Å²) in [6.07, 6.45) is 0. The van der Waals surface area contributed by atoms with Crippen LogP contribution in [0.4, 0.5) is 11.4 Å². The average Bonchev–Trinajstić information content (AvgIpc) is 2.40. The molecule has 2 N–H and O–H groups in total. The number of anilines is 2. The van der Waals surface area contributed by atoms with Gasteiger partial charge in [0.25, 0.3) is 6.47 Å². The number of nitrogens with zero attached hydrogens (tertiary/aromatic N) is 1. The van der Waals surface area contributed by atoms with E-state index in [-0.39, 0.29) is 0 Å². The summed E-state index contributed by atoms with van der Waals surface area (Å²) < 4.78 is 5.11. The van der Waals surface area contributed by atoms with Gasteiger partial charge in [-0.15, -0.1) is 0 Å². The number of hydrogen-bond donors (Lipinski definition) is 2.